The summed E-state index contributed by atoms with van der Waals surface area (Å²) in [6.45, 7) is 9.98. The van der Waals surface area contributed by atoms with Gasteiger partial charge in [0, 0.05) is 36.3 Å². The van der Waals surface area contributed by atoms with Crippen LogP contribution in [0.2, 0.25) is 0 Å². The van der Waals surface area contributed by atoms with Crippen molar-refractivity contribution in [2.45, 2.75) is 26.3 Å². The zero-order valence-electron chi connectivity index (χ0n) is 15.3. The first-order valence-corrected chi connectivity index (χ1v) is 8.22. The summed E-state index contributed by atoms with van der Waals surface area (Å²) in [5, 5.41) is 3.03. The van der Waals surface area contributed by atoms with E-state index in [0.29, 0.717) is 23.6 Å². The van der Waals surface area contributed by atoms with Crippen LogP contribution in [0.15, 0.2) is 12.1 Å². The molecule has 1 saturated heterocycles. The molecule has 1 aromatic rings. The minimum absolute atomic E-state index is 0.127. The lowest BCUT2D eigenvalue weighted by molar-refractivity contribution is -0.00923. The number of rotatable bonds is 6. The highest BCUT2D eigenvalue weighted by molar-refractivity contribution is 5.95. The molecule has 1 fully saturated rings. The van der Waals surface area contributed by atoms with Crippen LogP contribution in [0.3, 0.4) is 0 Å². The van der Waals surface area contributed by atoms with Gasteiger partial charge in [0.15, 0.2) is 0 Å². The molecule has 0 aliphatic carbocycles. The molecule has 1 aromatic carbocycles. The number of methoxy groups -OCH3 is 2. The summed E-state index contributed by atoms with van der Waals surface area (Å²) in [5.41, 5.74) is 1.29. The maximum atomic E-state index is 12.6. The molecule has 0 unspecified atom stereocenters. The molecule has 1 aliphatic rings. The topological polar surface area (TPSA) is 60.0 Å². The van der Waals surface area contributed by atoms with Gasteiger partial charge in [0.05, 0.1) is 27.4 Å². The average Bonchev–Trinajstić information content (AvgIpc) is 2.60. The third kappa shape index (κ3) is 4.19. The second kappa shape index (κ2) is 7.85. The van der Waals surface area contributed by atoms with Gasteiger partial charge < -0.3 is 19.5 Å². The number of hydrogen-bond acceptors (Lipinski definition) is 5. The van der Waals surface area contributed by atoms with Gasteiger partial charge in [-0.3, -0.25) is 9.69 Å². The van der Waals surface area contributed by atoms with Crippen molar-refractivity contribution < 1.29 is 19.0 Å². The van der Waals surface area contributed by atoms with Crippen molar-refractivity contribution in [3.63, 3.8) is 0 Å². The molecular weight excluding hydrogens is 308 g/mol. The SMILES string of the molecule is COc1cc(C(=O)NCC(C)(C)N2CCOCC2)cc(OC)c1C. The Morgan fingerprint density at radius 1 is 1.21 bits per heavy atom. The highest BCUT2D eigenvalue weighted by Gasteiger charge is 2.28. The standard InChI is InChI=1S/C18H28N2O4/c1-13-15(22-4)10-14(11-16(13)23-5)17(21)19-12-18(2,3)20-6-8-24-9-7-20/h10-11H,6-9,12H2,1-5H3,(H,19,21). The highest BCUT2D eigenvalue weighted by Crippen LogP contribution is 2.29. The van der Waals surface area contributed by atoms with Gasteiger partial charge in [-0.25, -0.2) is 0 Å². The van der Waals surface area contributed by atoms with E-state index < -0.39 is 0 Å². The van der Waals surface area contributed by atoms with Crippen molar-refractivity contribution in [3.8, 4) is 11.5 Å². The van der Waals surface area contributed by atoms with E-state index in [1.54, 1.807) is 26.4 Å². The van der Waals surface area contributed by atoms with Gasteiger partial charge in [0.2, 0.25) is 0 Å². The first-order chi connectivity index (χ1) is 11.4. The zero-order chi connectivity index (χ0) is 17.7. The van der Waals surface area contributed by atoms with Crippen LogP contribution >= 0.6 is 0 Å². The summed E-state index contributed by atoms with van der Waals surface area (Å²) in [4.78, 5) is 14.9. The predicted octanol–water partition coefficient (Wildman–Crippen LogP) is 1.85. The molecule has 6 heteroatoms. The second-order valence-electron chi connectivity index (χ2n) is 6.60. The number of nitrogens with one attached hydrogen (secondary N) is 1. The number of nitrogens with zero attached hydrogens (tertiary/aromatic N) is 1. The van der Waals surface area contributed by atoms with Crippen LogP contribution in [-0.2, 0) is 4.74 Å². The fourth-order valence-electron chi connectivity index (χ4n) is 2.90. The third-order valence-corrected chi connectivity index (χ3v) is 4.56. The number of amides is 1. The van der Waals surface area contributed by atoms with E-state index in [0.717, 1.165) is 31.9 Å². The van der Waals surface area contributed by atoms with Gasteiger partial charge in [-0.2, -0.15) is 0 Å². The molecule has 0 atom stereocenters. The van der Waals surface area contributed by atoms with Gasteiger partial charge >= 0.3 is 0 Å². The van der Waals surface area contributed by atoms with E-state index in [2.05, 4.69) is 24.1 Å². The van der Waals surface area contributed by atoms with E-state index in [1.165, 1.54) is 0 Å². The van der Waals surface area contributed by atoms with E-state index in [9.17, 15) is 4.79 Å². The summed E-state index contributed by atoms with van der Waals surface area (Å²) < 4.78 is 16.1. The van der Waals surface area contributed by atoms with Crippen LogP contribution in [-0.4, -0.2) is 63.4 Å². The number of ether oxygens (including phenoxy) is 3. The normalized spacial score (nSPS) is 15.9. The lowest BCUT2D eigenvalue weighted by Crippen LogP contribution is -2.55. The maximum Gasteiger partial charge on any atom is 0.251 e. The third-order valence-electron chi connectivity index (χ3n) is 4.56. The molecule has 6 nitrogen and oxygen atoms in total. The summed E-state index contributed by atoms with van der Waals surface area (Å²) >= 11 is 0. The van der Waals surface area contributed by atoms with Crippen LogP contribution in [0.1, 0.15) is 29.8 Å². The molecule has 1 N–H and O–H groups in total. The Morgan fingerprint density at radius 2 is 1.75 bits per heavy atom. The molecule has 0 aromatic heterocycles. The van der Waals surface area contributed by atoms with E-state index >= 15 is 0 Å². The number of morpholine rings is 1. The van der Waals surface area contributed by atoms with Crippen molar-refractivity contribution in [1.29, 1.82) is 0 Å². The summed E-state index contributed by atoms with van der Waals surface area (Å²) in [5.74, 6) is 1.16. The van der Waals surface area contributed by atoms with E-state index in [1.807, 2.05) is 6.92 Å². The molecule has 0 radical (unpaired) electrons. The first-order valence-electron chi connectivity index (χ1n) is 8.22. The lowest BCUT2D eigenvalue weighted by atomic mass is 10.0. The highest BCUT2D eigenvalue weighted by atomic mass is 16.5. The van der Waals surface area contributed by atoms with Crippen LogP contribution in [0.5, 0.6) is 11.5 Å². The molecule has 0 spiro atoms. The van der Waals surface area contributed by atoms with Crippen molar-refractivity contribution in [2.75, 3.05) is 47.1 Å². The van der Waals surface area contributed by atoms with Gasteiger partial charge in [-0.15, -0.1) is 0 Å². The molecule has 0 saturated carbocycles. The monoisotopic (exact) mass is 336 g/mol. The Morgan fingerprint density at radius 3 is 2.25 bits per heavy atom. The summed E-state index contributed by atoms with van der Waals surface area (Å²) in [6.07, 6.45) is 0. The maximum absolute atomic E-state index is 12.6. The minimum Gasteiger partial charge on any atom is -0.496 e. The molecule has 1 heterocycles. The largest absolute Gasteiger partial charge is 0.496 e. The fourth-order valence-corrected chi connectivity index (χ4v) is 2.90. The smallest absolute Gasteiger partial charge is 0.251 e. The predicted molar refractivity (Wildman–Crippen MR) is 93.1 cm³/mol. The second-order valence-corrected chi connectivity index (χ2v) is 6.60. The number of carbonyl (C=O) groups excluding carboxylic acids is 1. The van der Waals surface area contributed by atoms with Crippen LogP contribution in [0, 0.1) is 6.92 Å². The number of benzene rings is 1. The van der Waals surface area contributed by atoms with E-state index in [4.69, 9.17) is 14.2 Å². The van der Waals surface area contributed by atoms with E-state index in [-0.39, 0.29) is 11.4 Å². The average molecular weight is 336 g/mol. The van der Waals surface area contributed by atoms with Crippen molar-refractivity contribution in [2.24, 2.45) is 0 Å². The summed E-state index contributed by atoms with van der Waals surface area (Å²) in [6, 6.07) is 3.49. The van der Waals surface area contributed by atoms with Crippen LogP contribution < -0.4 is 14.8 Å². The molecule has 1 aliphatic heterocycles. The molecular formula is C18H28N2O4. The Balaban J connectivity index is 2.06. The number of carbonyl (C=O) groups is 1. The fraction of sp³-hybridized carbons (Fsp3) is 0.611. The van der Waals surface area contributed by atoms with Crippen molar-refractivity contribution >= 4 is 5.91 Å². The Labute approximate surface area is 144 Å². The first kappa shape index (κ1) is 18.5. The minimum atomic E-state index is -0.132. The Kier molecular flexibility index (Phi) is 6.07. The van der Waals surface area contributed by atoms with Gasteiger partial charge in [-0.05, 0) is 32.9 Å². The Hall–Kier alpha value is -1.79. The zero-order valence-corrected chi connectivity index (χ0v) is 15.3. The van der Waals surface area contributed by atoms with Gasteiger partial charge in [-0.1, -0.05) is 0 Å². The van der Waals surface area contributed by atoms with Gasteiger partial charge in [0.25, 0.3) is 5.91 Å². The number of hydrogen-bond donors (Lipinski definition) is 1. The van der Waals surface area contributed by atoms with Crippen LogP contribution in [0.25, 0.3) is 0 Å². The lowest BCUT2D eigenvalue weighted by Gasteiger charge is -2.40. The molecule has 134 valence electrons. The quantitative estimate of drug-likeness (QED) is 0.859. The summed E-state index contributed by atoms with van der Waals surface area (Å²) in [7, 11) is 3.18. The molecule has 0 bridgehead atoms. The molecule has 1 amide bonds. The van der Waals surface area contributed by atoms with Crippen molar-refractivity contribution in [1.82, 2.24) is 10.2 Å². The Bertz CT molecular complexity index is 555. The molecule has 2 rings (SSSR count). The molecule has 24 heavy (non-hydrogen) atoms. The van der Waals surface area contributed by atoms with Crippen LogP contribution in [0.4, 0.5) is 0 Å². The van der Waals surface area contributed by atoms with Gasteiger partial charge in [0.1, 0.15) is 11.5 Å². The van der Waals surface area contributed by atoms with Crippen molar-refractivity contribution in [3.05, 3.63) is 23.3 Å².